The number of esters is 3. The first-order valence-corrected chi connectivity index (χ1v) is 15.0. The van der Waals surface area contributed by atoms with Gasteiger partial charge in [-0.05, 0) is 22.2 Å². The van der Waals surface area contributed by atoms with Crippen molar-refractivity contribution in [2.45, 2.75) is 109 Å². The van der Waals surface area contributed by atoms with Crippen LogP contribution in [0.3, 0.4) is 0 Å². The minimum atomic E-state index is -2.14. The van der Waals surface area contributed by atoms with Crippen molar-refractivity contribution in [1.82, 2.24) is 0 Å². The Morgan fingerprint density at radius 3 is 1.82 bits per heavy atom. The van der Waals surface area contributed by atoms with Crippen molar-refractivity contribution in [1.29, 1.82) is 0 Å². The molecule has 0 aromatic heterocycles. The van der Waals surface area contributed by atoms with Crippen molar-refractivity contribution in [3.63, 3.8) is 0 Å². The van der Waals surface area contributed by atoms with Crippen molar-refractivity contribution in [2.75, 3.05) is 6.61 Å². The van der Waals surface area contributed by atoms with E-state index in [0.29, 0.717) is 16.6 Å². The van der Waals surface area contributed by atoms with Crippen LogP contribution in [0.1, 0.15) is 62.3 Å². The molecule has 12 heteroatoms. The van der Waals surface area contributed by atoms with E-state index < -0.39 is 54.9 Å². The van der Waals surface area contributed by atoms with Gasteiger partial charge in [-0.1, -0.05) is 46.7 Å². The zero-order valence-corrected chi connectivity index (χ0v) is 22.8. The molecule has 33 heavy (non-hydrogen) atoms. The van der Waals surface area contributed by atoms with Gasteiger partial charge in [-0.15, -0.1) is 0 Å². The van der Waals surface area contributed by atoms with Crippen LogP contribution in [0, 0.1) is 0 Å². The van der Waals surface area contributed by atoms with Crippen LogP contribution in [0.5, 0.6) is 0 Å². The third-order valence-electron chi connectivity index (χ3n) is 5.88. The van der Waals surface area contributed by atoms with Crippen LogP contribution < -0.4 is 0 Å². The highest BCUT2D eigenvalue weighted by molar-refractivity contribution is 8.29. The van der Waals surface area contributed by atoms with Crippen molar-refractivity contribution >= 4 is 36.3 Å². The van der Waals surface area contributed by atoms with Gasteiger partial charge >= 0.3 is 17.9 Å². The smallest absolute Gasteiger partial charge is 0.303 e. The monoisotopic (exact) mass is 503 g/mol. The molecule has 1 rings (SSSR count). The molecule has 0 spiro atoms. The average molecular weight is 504 g/mol. The zero-order valence-electron chi connectivity index (χ0n) is 20.9. The Kier molecular flexibility index (Phi) is 11.2. The van der Waals surface area contributed by atoms with Crippen LogP contribution >= 0.6 is 11.2 Å². The summed E-state index contributed by atoms with van der Waals surface area (Å²) < 4.78 is 22.5. The highest BCUT2D eigenvalue weighted by atomic mass is 32.4. The predicted molar refractivity (Wildman–Crippen MR) is 128 cm³/mol. The molecular formula is C21H37N3O7SSi. The Morgan fingerprint density at radius 1 is 0.939 bits per heavy atom. The summed E-state index contributed by atoms with van der Waals surface area (Å²) in [7, 11) is -2.14. The molecule has 3 unspecified atom stereocenters. The SMILES string of the molecule is CC(=O)OC[C@H]1OC(S[Si](C(C)C)(C(C)C)C(C)C)[C@H](OC(C)=O)C(N=[N+]=[N-])C1OC(C)=O. The standard InChI is InChI=1S/C21H37N3O7SSi/c1-11(2)33(12(3)4,13(5)6)32-21-20(30-16(9)27)18(23-24-22)19(29-15(8)26)17(31-21)10-28-14(7)25/h11-13,17-21H,10H2,1-9H3/t17-,18?,19?,20-,21?/m1/s1. The number of hydrogen-bond donors (Lipinski definition) is 0. The molecule has 0 aliphatic carbocycles. The maximum absolute atomic E-state index is 12.0. The fraction of sp³-hybridized carbons (Fsp3) is 0.857. The molecule has 0 radical (unpaired) electrons. The quantitative estimate of drug-likeness (QED) is 0.104. The van der Waals surface area contributed by atoms with Crippen LogP contribution in [0.4, 0.5) is 0 Å². The normalized spacial score (nSPS) is 25.5. The fourth-order valence-corrected chi connectivity index (χ4v) is 14.8. The first-order valence-electron chi connectivity index (χ1n) is 11.1. The van der Waals surface area contributed by atoms with Crippen molar-refractivity contribution < 1.29 is 33.3 Å². The molecule has 188 valence electrons. The number of rotatable bonds is 10. The second kappa shape index (κ2) is 12.6. The van der Waals surface area contributed by atoms with Gasteiger partial charge in [0.25, 0.3) is 0 Å². The van der Waals surface area contributed by atoms with E-state index in [1.54, 1.807) is 11.2 Å². The minimum absolute atomic E-state index is 0.200. The highest BCUT2D eigenvalue weighted by Crippen LogP contribution is 2.53. The van der Waals surface area contributed by atoms with Gasteiger partial charge < -0.3 is 18.9 Å². The number of hydrogen-bond acceptors (Lipinski definition) is 9. The maximum Gasteiger partial charge on any atom is 0.303 e. The molecule has 0 N–H and O–H groups in total. The van der Waals surface area contributed by atoms with Gasteiger partial charge in [0, 0.05) is 25.7 Å². The van der Waals surface area contributed by atoms with Crippen LogP contribution in [0.2, 0.25) is 16.6 Å². The molecule has 0 saturated carbocycles. The van der Waals surface area contributed by atoms with Gasteiger partial charge in [-0.3, -0.25) is 14.4 Å². The lowest BCUT2D eigenvalue weighted by Crippen LogP contribution is -2.61. The molecule has 0 aromatic rings. The molecule has 0 aromatic carbocycles. The molecule has 5 atom stereocenters. The van der Waals surface area contributed by atoms with Gasteiger partial charge in [0.1, 0.15) is 43.6 Å². The van der Waals surface area contributed by atoms with E-state index in [9.17, 15) is 19.9 Å². The van der Waals surface area contributed by atoms with Crippen molar-refractivity contribution in [3.05, 3.63) is 10.4 Å². The summed E-state index contributed by atoms with van der Waals surface area (Å²) in [5, 5.41) is 3.85. The molecule has 1 saturated heterocycles. The second-order valence-corrected chi connectivity index (χ2v) is 17.8. The Balaban J connectivity index is 3.59. The fourth-order valence-electron chi connectivity index (χ4n) is 4.78. The lowest BCUT2D eigenvalue weighted by atomic mass is 9.97. The zero-order chi connectivity index (χ0) is 25.5. The topological polar surface area (TPSA) is 137 Å². The third kappa shape index (κ3) is 7.36. The molecule has 1 aliphatic heterocycles. The highest BCUT2D eigenvalue weighted by Gasteiger charge is 2.54. The summed E-state index contributed by atoms with van der Waals surface area (Å²) in [6.07, 6.45) is -2.97. The van der Waals surface area contributed by atoms with Gasteiger partial charge in [0.15, 0.2) is 0 Å². The van der Waals surface area contributed by atoms with E-state index in [4.69, 9.17) is 18.9 Å². The maximum atomic E-state index is 12.0. The number of ether oxygens (including phenoxy) is 4. The third-order valence-corrected chi connectivity index (χ3v) is 18.5. The molecule has 10 nitrogen and oxygen atoms in total. The summed E-state index contributed by atoms with van der Waals surface area (Å²) in [6.45, 7) is 16.7. The minimum Gasteiger partial charge on any atom is -0.463 e. The number of azide groups is 1. The van der Waals surface area contributed by atoms with Crippen LogP contribution in [-0.4, -0.2) is 61.5 Å². The summed E-state index contributed by atoms with van der Waals surface area (Å²) in [4.78, 5) is 38.2. The average Bonchev–Trinajstić information content (AvgIpc) is 2.67. The summed E-state index contributed by atoms with van der Waals surface area (Å²) in [5.74, 6) is -1.72. The Bertz CT molecular complexity index is 736. The van der Waals surface area contributed by atoms with E-state index in [-0.39, 0.29) is 6.61 Å². The molecular weight excluding hydrogens is 466 g/mol. The van der Waals surface area contributed by atoms with Gasteiger partial charge in [0.2, 0.25) is 0 Å². The Morgan fingerprint density at radius 2 is 1.42 bits per heavy atom. The van der Waals surface area contributed by atoms with E-state index in [2.05, 4.69) is 51.6 Å². The summed E-state index contributed by atoms with van der Waals surface area (Å²) in [6, 6.07) is -1.05. The first kappa shape index (κ1) is 29.3. The molecule has 1 fully saturated rings. The summed E-state index contributed by atoms with van der Waals surface area (Å²) in [5.41, 5.74) is 9.65. The first-order chi connectivity index (χ1) is 15.3. The lowest BCUT2D eigenvalue weighted by molar-refractivity contribution is -0.200. The molecule has 1 aliphatic rings. The van der Waals surface area contributed by atoms with Gasteiger partial charge in [-0.25, -0.2) is 0 Å². The van der Waals surface area contributed by atoms with Crippen LogP contribution in [0.15, 0.2) is 5.11 Å². The Hall–Kier alpha value is -1.75. The predicted octanol–water partition coefficient (Wildman–Crippen LogP) is 4.73. The molecule has 0 amide bonds. The largest absolute Gasteiger partial charge is 0.463 e. The Labute approximate surface area is 200 Å². The van der Waals surface area contributed by atoms with Gasteiger partial charge in [0.05, 0.1) is 0 Å². The molecule has 0 bridgehead atoms. The second-order valence-electron chi connectivity index (χ2n) is 9.12. The van der Waals surface area contributed by atoms with E-state index in [1.165, 1.54) is 20.8 Å². The number of carbonyl (C=O) groups is 3. The van der Waals surface area contributed by atoms with Crippen LogP contribution in [0.25, 0.3) is 10.4 Å². The van der Waals surface area contributed by atoms with E-state index in [1.807, 2.05) is 0 Å². The summed E-state index contributed by atoms with van der Waals surface area (Å²) >= 11 is 1.65. The molecule has 1 heterocycles. The number of nitrogens with zero attached hydrogens (tertiary/aromatic N) is 3. The lowest BCUT2D eigenvalue weighted by Gasteiger charge is -2.49. The van der Waals surface area contributed by atoms with Crippen molar-refractivity contribution in [3.8, 4) is 0 Å². The van der Waals surface area contributed by atoms with Crippen molar-refractivity contribution in [2.24, 2.45) is 5.11 Å². The van der Waals surface area contributed by atoms with Gasteiger partial charge in [-0.2, -0.15) is 11.2 Å². The van der Waals surface area contributed by atoms with Crippen LogP contribution in [-0.2, 0) is 33.3 Å². The van der Waals surface area contributed by atoms with E-state index >= 15 is 0 Å². The number of carbonyl (C=O) groups excluding carboxylic acids is 3. The van der Waals surface area contributed by atoms with E-state index in [0.717, 1.165) is 0 Å².